The quantitative estimate of drug-likeness (QED) is 0.857. The van der Waals surface area contributed by atoms with E-state index in [1.807, 2.05) is 4.72 Å². The maximum atomic E-state index is 13.4. The lowest BCUT2D eigenvalue weighted by atomic mass is 10.3. The Labute approximate surface area is 112 Å². The van der Waals surface area contributed by atoms with Crippen LogP contribution in [0.25, 0.3) is 0 Å². The van der Waals surface area contributed by atoms with Gasteiger partial charge in [-0.05, 0) is 24.3 Å². The maximum absolute atomic E-state index is 13.4. The van der Waals surface area contributed by atoms with Crippen LogP contribution in [0.1, 0.15) is 0 Å². The summed E-state index contributed by atoms with van der Waals surface area (Å²) in [7, 11) is -4.55. The summed E-state index contributed by atoms with van der Waals surface area (Å²) in [4.78, 5) is -1.27. The number of nitrogens with one attached hydrogen (secondary N) is 1. The van der Waals surface area contributed by atoms with E-state index in [0.717, 1.165) is 0 Å². The van der Waals surface area contributed by atoms with Gasteiger partial charge in [0.25, 0.3) is 10.0 Å². The van der Waals surface area contributed by atoms with Crippen LogP contribution in [0.15, 0.2) is 41.3 Å². The van der Waals surface area contributed by atoms with Crippen molar-refractivity contribution < 1.29 is 26.7 Å². The van der Waals surface area contributed by atoms with Gasteiger partial charge in [0, 0.05) is 17.8 Å². The van der Waals surface area contributed by atoms with Crippen LogP contribution in [-0.4, -0.2) is 13.5 Å². The Kier molecular flexibility index (Phi) is 3.58. The van der Waals surface area contributed by atoms with E-state index in [1.54, 1.807) is 0 Å². The summed E-state index contributed by atoms with van der Waals surface area (Å²) in [6.45, 7) is 0. The summed E-state index contributed by atoms with van der Waals surface area (Å²) in [5.74, 6) is -4.39. The Balaban J connectivity index is 2.43. The lowest BCUT2D eigenvalue weighted by Gasteiger charge is -2.09. The number of hydrogen-bond donors (Lipinski definition) is 2. The van der Waals surface area contributed by atoms with Crippen LogP contribution in [0.4, 0.5) is 18.9 Å². The molecule has 0 saturated carbocycles. The number of hydrogen-bond acceptors (Lipinski definition) is 3. The minimum atomic E-state index is -4.55. The molecule has 0 spiro atoms. The van der Waals surface area contributed by atoms with Gasteiger partial charge in [0.2, 0.25) is 0 Å². The zero-order valence-electron chi connectivity index (χ0n) is 9.77. The Hall–Kier alpha value is -2.22. The Morgan fingerprint density at radius 1 is 0.950 bits per heavy atom. The van der Waals surface area contributed by atoms with Crippen molar-refractivity contribution in [2.45, 2.75) is 4.90 Å². The number of rotatable bonds is 3. The number of benzene rings is 2. The van der Waals surface area contributed by atoms with Crippen molar-refractivity contribution >= 4 is 15.7 Å². The fraction of sp³-hybridized carbons (Fsp3) is 0. The molecular formula is C12H8F3NO3S. The number of halogens is 3. The summed E-state index contributed by atoms with van der Waals surface area (Å²) in [5.41, 5.74) is -0.00840. The van der Waals surface area contributed by atoms with E-state index in [-0.39, 0.29) is 23.6 Å². The van der Waals surface area contributed by atoms with Crippen LogP contribution in [0.2, 0.25) is 0 Å². The molecule has 2 aromatic carbocycles. The van der Waals surface area contributed by atoms with E-state index >= 15 is 0 Å². The molecule has 2 N–H and O–H groups in total. The van der Waals surface area contributed by atoms with Gasteiger partial charge in [0.05, 0.1) is 0 Å². The van der Waals surface area contributed by atoms with Crippen molar-refractivity contribution in [1.29, 1.82) is 0 Å². The van der Waals surface area contributed by atoms with E-state index in [2.05, 4.69) is 0 Å². The monoisotopic (exact) mass is 303 g/mol. The molecule has 0 atom stereocenters. The van der Waals surface area contributed by atoms with Crippen LogP contribution in [-0.2, 0) is 10.0 Å². The highest BCUT2D eigenvalue weighted by atomic mass is 32.2. The van der Waals surface area contributed by atoms with Crippen molar-refractivity contribution in [3.8, 4) is 5.75 Å². The van der Waals surface area contributed by atoms with Crippen molar-refractivity contribution in [2.24, 2.45) is 0 Å². The first kappa shape index (κ1) is 14.2. The van der Waals surface area contributed by atoms with Gasteiger partial charge in [0.1, 0.15) is 23.2 Å². The highest BCUT2D eigenvalue weighted by molar-refractivity contribution is 7.92. The predicted octanol–water partition coefficient (Wildman–Crippen LogP) is 2.61. The Morgan fingerprint density at radius 3 is 1.95 bits per heavy atom. The topological polar surface area (TPSA) is 66.4 Å². The third-order valence-electron chi connectivity index (χ3n) is 2.35. The number of anilines is 1. The Bertz CT molecular complexity index is 722. The maximum Gasteiger partial charge on any atom is 0.267 e. The SMILES string of the molecule is O=S(=O)(Nc1ccc(O)cc1)c1c(F)cc(F)cc1F. The van der Waals surface area contributed by atoms with Gasteiger partial charge in [-0.2, -0.15) is 0 Å². The first-order valence-electron chi connectivity index (χ1n) is 5.26. The molecule has 106 valence electrons. The van der Waals surface area contributed by atoms with Gasteiger partial charge in [-0.25, -0.2) is 21.6 Å². The standard InChI is InChI=1S/C12H8F3NO3S/c13-7-5-10(14)12(11(15)6-7)20(18,19)16-8-1-3-9(17)4-2-8/h1-6,16-17H. The minimum Gasteiger partial charge on any atom is -0.508 e. The smallest absolute Gasteiger partial charge is 0.267 e. The van der Waals surface area contributed by atoms with Crippen molar-refractivity contribution in [3.63, 3.8) is 0 Å². The lowest BCUT2D eigenvalue weighted by molar-refractivity contribution is 0.475. The molecular weight excluding hydrogens is 295 g/mol. The van der Waals surface area contributed by atoms with Gasteiger partial charge in [-0.1, -0.05) is 0 Å². The largest absolute Gasteiger partial charge is 0.508 e. The van der Waals surface area contributed by atoms with Gasteiger partial charge in [-0.3, -0.25) is 4.72 Å². The zero-order valence-corrected chi connectivity index (χ0v) is 10.6. The molecule has 20 heavy (non-hydrogen) atoms. The summed E-state index contributed by atoms with van der Waals surface area (Å²) >= 11 is 0. The molecule has 0 aromatic heterocycles. The third kappa shape index (κ3) is 2.85. The zero-order chi connectivity index (χ0) is 14.9. The van der Waals surface area contributed by atoms with E-state index in [9.17, 15) is 21.6 Å². The lowest BCUT2D eigenvalue weighted by Crippen LogP contribution is -2.16. The average molecular weight is 303 g/mol. The molecule has 8 heteroatoms. The van der Waals surface area contributed by atoms with Crippen LogP contribution in [0.3, 0.4) is 0 Å². The van der Waals surface area contributed by atoms with E-state index < -0.39 is 32.4 Å². The summed E-state index contributed by atoms with van der Waals surface area (Å²) in [6, 6.07) is 5.33. The first-order chi connectivity index (χ1) is 9.29. The fourth-order valence-corrected chi connectivity index (χ4v) is 2.70. The highest BCUT2D eigenvalue weighted by Gasteiger charge is 2.25. The second-order valence-corrected chi connectivity index (χ2v) is 5.47. The summed E-state index contributed by atoms with van der Waals surface area (Å²) in [6.07, 6.45) is 0. The number of phenolic OH excluding ortho intramolecular Hbond substituents is 1. The number of aromatic hydroxyl groups is 1. The molecule has 2 rings (SSSR count). The van der Waals surface area contributed by atoms with Gasteiger partial charge < -0.3 is 5.11 Å². The van der Waals surface area contributed by atoms with E-state index in [1.165, 1.54) is 24.3 Å². The molecule has 0 fully saturated rings. The molecule has 0 saturated heterocycles. The third-order valence-corrected chi connectivity index (χ3v) is 3.78. The average Bonchev–Trinajstić information content (AvgIpc) is 2.30. The number of sulfonamides is 1. The molecule has 0 aliphatic heterocycles. The molecule has 2 aromatic rings. The molecule has 4 nitrogen and oxygen atoms in total. The van der Waals surface area contributed by atoms with E-state index in [4.69, 9.17) is 5.11 Å². The minimum absolute atomic E-state index is 0.00840. The van der Waals surface area contributed by atoms with Crippen molar-refractivity contribution in [2.75, 3.05) is 4.72 Å². The van der Waals surface area contributed by atoms with Gasteiger partial charge in [-0.15, -0.1) is 0 Å². The summed E-state index contributed by atoms with van der Waals surface area (Å²) < 4.78 is 65.3. The van der Waals surface area contributed by atoms with Crippen LogP contribution in [0, 0.1) is 17.5 Å². The summed E-state index contributed by atoms with van der Waals surface area (Å²) in [5, 5.41) is 9.05. The van der Waals surface area contributed by atoms with Crippen LogP contribution in [0.5, 0.6) is 5.75 Å². The van der Waals surface area contributed by atoms with Crippen molar-refractivity contribution in [1.82, 2.24) is 0 Å². The molecule has 0 radical (unpaired) electrons. The van der Waals surface area contributed by atoms with Crippen LogP contribution < -0.4 is 4.72 Å². The second kappa shape index (κ2) is 5.04. The van der Waals surface area contributed by atoms with Gasteiger partial charge in [0.15, 0.2) is 4.90 Å². The molecule has 0 unspecified atom stereocenters. The molecule has 0 heterocycles. The number of phenols is 1. The highest BCUT2D eigenvalue weighted by Crippen LogP contribution is 2.23. The first-order valence-corrected chi connectivity index (χ1v) is 6.74. The Morgan fingerprint density at radius 2 is 1.45 bits per heavy atom. The molecule has 0 aliphatic carbocycles. The van der Waals surface area contributed by atoms with Gasteiger partial charge >= 0.3 is 0 Å². The molecule has 0 aliphatic rings. The van der Waals surface area contributed by atoms with E-state index in [0.29, 0.717) is 0 Å². The van der Waals surface area contributed by atoms with Crippen LogP contribution >= 0.6 is 0 Å². The van der Waals surface area contributed by atoms with Crippen molar-refractivity contribution in [3.05, 3.63) is 53.8 Å². The molecule has 0 amide bonds. The molecule has 0 bridgehead atoms. The fourth-order valence-electron chi connectivity index (χ4n) is 1.52. The predicted molar refractivity (Wildman–Crippen MR) is 65.2 cm³/mol. The normalized spacial score (nSPS) is 11.3. The second-order valence-electron chi connectivity index (χ2n) is 3.85.